The molecule has 0 atom stereocenters. The zero-order valence-electron chi connectivity index (χ0n) is 10.3. The Morgan fingerprint density at radius 3 is 2.80 bits per heavy atom. The number of hydrogen-bond acceptors (Lipinski definition) is 4. The normalized spacial score (nSPS) is 11.3. The van der Waals surface area contributed by atoms with Crippen molar-refractivity contribution in [1.82, 2.24) is 10.1 Å². The molecular formula is C13H10F3N3O. The molecule has 0 N–H and O–H groups in total. The maximum absolute atomic E-state index is 12.6. The minimum Gasteiger partial charge on any atom is -0.339 e. The highest BCUT2D eigenvalue weighted by atomic mass is 19.4. The van der Waals surface area contributed by atoms with Gasteiger partial charge < -0.3 is 4.52 Å². The fourth-order valence-electron chi connectivity index (χ4n) is 1.63. The number of nitrogens with zero attached hydrogens (tertiary/aromatic N) is 3. The number of rotatable bonds is 4. The molecule has 0 saturated heterocycles. The molecule has 20 heavy (non-hydrogen) atoms. The summed E-state index contributed by atoms with van der Waals surface area (Å²) in [5, 5.41) is 12.1. The molecule has 104 valence electrons. The zero-order valence-corrected chi connectivity index (χ0v) is 10.3. The first-order valence-corrected chi connectivity index (χ1v) is 5.88. The fourth-order valence-corrected chi connectivity index (χ4v) is 1.63. The number of benzene rings is 1. The van der Waals surface area contributed by atoms with Crippen LogP contribution in [0.25, 0.3) is 11.4 Å². The molecule has 0 aliphatic rings. The van der Waals surface area contributed by atoms with Crippen molar-refractivity contribution in [1.29, 1.82) is 5.26 Å². The molecular weight excluding hydrogens is 271 g/mol. The van der Waals surface area contributed by atoms with E-state index in [0.717, 1.165) is 12.1 Å². The second-order valence-electron chi connectivity index (χ2n) is 4.10. The third-order valence-electron chi connectivity index (χ3n) is 2.60. The van der Waals surface area contributed by atoms with Crippen LogP contribution in [0, 0.1) is 11.3 Å². The molecule has 0 radical (unpaired) electrons. The quantitative estimate of drug-likeness (QED) is 0.803. The third-order valence-corrected chi connectivity index (χ3v) is 2.60. The standard InChI is InChI=1S/C13H10F3N3O/c14-13(15,16)10-5-3-4-9(8-10)12-18-11(20-19-12)6-1-2-7-17/h3-5,8H,1-2,6H2. The van der Waals surface area contributed by atoms with Crippen LogP contribution >= 0.6 is 0 Å². The van der Waals surface area contributed by atoms with Crippen molar-refractivity contribution >= 4 is 0 Å². The van der Waals surface area contributed by atoms with Crippen LogP contribution in [0.4, 0.5) is 13.2 Å². The van der Waals surface area contributed by atoms with Gasteiger partial charge in [-0.15, -0.1) is 0 Å². The van der Waals surface area contributed by atoms with Crippen LogP contribution in [0.3, 0.4) is 0 Å². The smallest absolute Gasteiger partial charge is 0.339 e. The molecule has 0 fully saturated rings. The van der Waals surface area contributed by atoms with Crippen LogP contribution in [-0.2, 0) is 12.6 Å². The zero-order chi connectivity index (χ0) is 14.6. The summed E-state index contributed by atoms with van der Waals surface area (Å²) >= 11 is 0. The van der Waals surface area contributed by atoms with Gasteiger partial charge in [0.2, 0.25) is 11.7 Å². The lowest BCUT2D eigenvalue weighted by atomic mass is 10.1. The van der Waals surface area contributed by atoms with Gasteiger partial charge in [-0.25, -0.2) is 0 Å². The Kier molecular flexibility index (Phi) is 4.03. The average Bonchev–Trinajstić information content (AvgIpc) is 2.87. The first-order valence-electron chi connectivity index (χ1n) is 5.88. The summed E-state index contributed by atoms with van der Waals surface area (Å²) in [6.45, 7) is 0. The number of hydrogen-bond donors (Lipinski definition) is 0. The summed E-state index contributed by atoms with van der Waals surface area (Å²) in [5.74, 6) is 0.427. The molecule has 0 saturated carbocycles. The van der Waals surface area contributed by atoms with E-state index in [4.69, 9.17) is 9.78 Å². The first kappa shape index (κ1) is 14.1. The van der Waals surface area contributed by atoms with E-state index in [1.165, 1.54) is 12.1 Å². The fraction of sp³-hybridized carbons (Fsp3) is 0.308. The Labute approximate surface area is 112 Å². The molecule has 7 heteroatoms. The monoisotopic (exact) mass is 281 g/mol. The van der Waals surface area contributed by atoms with E-state index in [-0.39, 0.29) is 11.4 Å². The van der Waals surface area contributed by atoms with Crippen molar-refractivity contribution in [2.45, 2.75) is 25.4 Å². The van der Waals surface area contributed by atoms with Crippen molar-refractivity contribution in [2.75, 3.05) is 0 Å². The van der Waals surface area contributed by atoms with E-state index in [0.29, 0.717) is 25.2 Å². The lowest BCUT2D eigenvalue weighted by molar-refractivity contribution is -0.137. The molecule has 0 bridgehead atoms. The van der Waals surface area contributed by atoms with E-state index in [2.05, 4.69) is 10.1 Å². The molecule has 4 nitrogen and oxygen atoms in total. The molecule has 0 amide bonds. The minimum atomic E-state index is -4.41. The van der Waals surface area contributed by atoms with E-state index in [1.54, 1.807) is 0 Å². The van der Waals surface area contributed by atoms with Crippen LogP contribution in [-0.4, -0.2) is 10.1 Å². The van der Waals surface area contributed by atoms with Gasteiger partial charge in [0, 0.05) is 18.4 Å². The highest BCUT2D eigenvalue weighted by Crippen LogP contribution is 2.31. The second-order valence-corrected chi connectivity index (χ2v) is 4.10. The highest BCUT2D eigenvalue weighted by molar-refractivity contribution is 5.55. The van der Waals surface area contributed by atoms with Crippen LogP contribution < -0.4 is 0 Å². The number of aromatic nitrogens is 2. The second kappa shape index (κ2) is 5.74. The molecule has 0 aliphatic heterocycles. The molecule has 2 aromatic rings. The Morgan fingerprint density at radius 2 is 2.10 bits per heavy atom. The summed E-state index contributed by atoms with van der Waals surface area (Å²) in [7, 11) is 0. The molecule has 0 unspecified atom stereocenters. The van der Waals surface area contributed by atoms with Gasteiger partial charge in [0.25, 0.3) is 0 Å². The van der Waals surface area contributed by atoms with Gasteiger partial charge in [0.05, 0.1) is 11.6 Å². The third kappa shape index (κ3) is 3.35. The van der Waals surface area contributed by atoms with Gasteiger partial charge in [-0.2, -0.15) is 23.4 Å². The first-order chi connectivity index (χ1) is 9.50. The van der Waals surface area contributed by atoms with Gasteiger partial charge >= 0.3 is 6.18 Å². The van der Waals surface area contributed by atoms with Gasteiger partial charge in [-0.05, 0) is 18.6 Å². The van der Waals surface area contributed by atoms with Crippen molar-refractivity contribution in [3.8, 4) is 17.5 Å². The molecule has 0 aliphatic carbocycles. The van der Waals surface area contributed by atoms with Gasteiger partial charge in [-0.1, -0.05) is 17.3 Å². The Morgan fingerprint density at radius 1 is 1.30 bits per heavy atom. The Balaban J connectivity index is 2.18. The number of nitriles is 1. The van der Waals surface area contributed by atoms with Crippen LogP contribution in [0.1, 0.15) is 24.3 Å². The van der Waals surface area contributed by atoms with Crippen LogP contribution in [0.15, 0.2) is 28.8 Å². The maximum atomic E-state index is 12.6. The van der Waals surface area contributed by atoms with Gasteiger partial charge in [-0.3, -0.25) is 0 Å². The summed E-state index contributed by atoms with van der Waals surface area (Å²) < 4.78 is 42.7. The summed E-state index contributed by atoms with van der Waals surface area (Å²) in [4.78, 5) is 4.02. The SMILES string of the molecule is N#CCCCc1nc(-c2cccc(C(F)(F)F)c2)no1. The van der Waals surface area contributed by atoms with Crippen molar-refractivity contribution in [2.24, 2.45) is 0 Å². The van der Waals surface area contributed by atoms with E-state index in [9.17, 15) is 13.2 Å². The Bertz CT molecular complexity index is 628. The van der Waals surface area contributed by atoms with E-state index in [1.807, 2.05) is 6.07 Å². The van der Waals surface area contributed by atoms with Gasteiger partial charge in [0.1, 0.15) is 0 Å². The molecule has 2 rings (SSSR count). The Hall–Kier alpha value is -2.36. The van der Waals surface area contributed by atoms with Crippen molar-refractivity contribution < 1.29 is 17.7 Å². The molecule has 0 spiro atoms. The largest absolute Gasteiger partial charge is 0.416 e. The van der Waals surface area contributed by atoms with E-state index < -0.39 is 11.7 Å². The highest BCUT2D eigenvalue weighted by Gasteiger charge is 2.30. The van der Waals surface area contributed by atoms with Crippen molar-refractivity contribution in [3.05, 3.63) is 35.7 Å². The minimum absolute atomic E-state index is 0.114. The summed E-state index contributed by atoms with van der Waals surface area (Å²) in [5.41, 5.74) is -0.513. The number of halogens is 3. The summed E-state index contributed by atoms with van der Waals surface area (Å²) in [6.07, 6.45) is -3.04. The molecule has 1 aromatic carbocycles. The maximum Gasteiger partial charge on any atom is 0.416 e. The molecule has 1 aromatic heterocycles. The topological polar surface area (TPSA) is 62.7 Å². The van der Waals surface area contributed by atoms with Gasteiger partial charge in [0.15, 0.2) is 0 Å². The predicted octanol–water partition coefficient (Wildman–Crippen LogP) is 3.60. The number of alkyl halides is 3. The van der Waals surface area contributed by atoms with Crippen LogP contribution in [0.2, 0.25) is 0 Å². The predicted molar refractivity (Wildman–Crippen MR) is 63.3 cm³/mol. The summed E-state index contributed by atoms with van der Waals surface area (Å²) in [6, 6.07) is 6.73. The number of unbranched alkanes of at least 4 members (excludes halogenated alkanes) is 1. The van der Waals surface area contributed by atoms with Crippen LogP contribution in [0.5, 0.6) is 0 Å². The lowest BCUT2D eigenvalue weighted by Crippen LogP contribution is -2.04. The van der Waals surface area contributed by atoms with Crippen molar-refractivity contribution in [3.63, 3.8) is 0 Å². The lowest BCUT2D eigenvalue weighted by Gasteiger charge is -2.06. The average molecular weight is 281 g/mol. The van der Waals surface area contributed by atoms with E-state index >= 15 is 0 Å². The number of aryl methyl sites for hydroxylation is 1. The molecule has 1 heterocycles.